The molecule has 2 aromatic carbocycles. The van der Waals surface area contributed by atoms with Gasteiger partial charge in [0.2, 0.25) is 0 Å². The normalized spacial score (nSPS) is 15.8. The minimum atomic E-state index is -0.621. The van der Waals surface area contributed by atoms with E-state index in [1.165, 1.54) is 11.1 Å². The van der Waals surface area contributed by atoms with Crippen molar-refractivity contribution in [2.75, 3.05) is 53.9 Å². The molecule has 0 spiro atoms. The number of carbonyl (C=O) groups is 1. The van der Waals surface area contributed by atoms with E-state index in [0.29, 0.717) is 24.7 Å². The van der Waals surface area contributed by atoms with Gasteiger partial charge >= 0.3 is 12.3 Å². The van der Waals surface area contributed by atoms with Crippen LogP contribution in [-0.2, 0) is 71.7 Å². The van der Waals surface area contributed by atoms with Crippen LogP contribution in [0.1, 0.15) is 169 Å². The van der Waals surface area contributed by atoms with E-state index in [-0.39, 0.29) is 70.7 Å². The molecule has 2 atom stereocenters. The van der Waals surface area contributed by atoms with Gasteiger partial charge in [-0.25, -0.2) is 4.79 Å². The molecule has 0 amide bonds. The minimum Gasteiger partial charge on any atom is -0.507 e. The zero-order valence-electron chi connectivity index (χ0n) is 42.5. The summed E-state index contributed by atoms with van der Waals surface area (Å²) in [4.78, 5) is 36.9. The predicted molar refractivity (Wildman–Crippen MR) is 256 cm³/mol. The second kappa shape index (κ2) is 32.1. The Hall–Kier alpha value is -3.58. The van der Waals surface area contributed by atoms with Crippen molar-refractivity contribution >= 4 is 24.7 Å². The molecule has 1 aliphatic heterocycles. The zero-order valence-corrected chi connectivity index (χ0v) is 43.5. The third-order valence-corrected chi connectivity index (χ3v) is 9.67. The summed E-state index contributed by atoms with van der Waals surface area (Å²) in [5.74, 6) is 0.637. The summed E-state index contributed by atoms with van der Waals surface area (Å²) in [6.45, 7) is 34.0. The van der Waals surface area contributed by atoms with Crippen LogP contribution in [0.25, 0.3) is 0 Å². The number of rotatable bonds is 11. The number of aliphatic imine (C=N–C) groups is 2. The SMILES string of the molecule is C1CO1.CC(C)(C)c1cc(C=NC2CCCCC2N=Cc2cc(C(C)(C)C)cc(C(C)(C)C)c2O)c(O)c(C(C)(C)C)c1.CCCOC.CCCOC(=O)OCCOC.O=C=O.[CH3-].[Co]. The number of benzene rings is 2. The summed E-state index contributed by atoms with van der Waals surface area (Å²) in [6, 6.07) is 8.53. The molecule has 369 valence electrons. The minimum absolute atomic E-state index is 0. The summed E-state index contributed by atoms with van der Waals surface area (Å²) in [5.41, 5.74) is 5.39. The van der Waals surface area contributed by atoms with E-state index in [2.05, 4.69) is 133 Å². The number of ether oxygens (including phenoxy) is 5. The monoisotopic (exact) mass is 945 g/mol. The number of hydrogen-bond acceptors (Lipinski definition) is 12. The number of phenols is 2. The third-order valence-electron chi connectivity index (χ3n) is 9.67. The summed E-state index contributed by atoms with van der Waals surface area (Å²) in [5, 5.41) is 22.5. The Bertz CT molecular complexity index is 1590. The van der Waals surface area contributed by atoms with Crippen LogP contribution >= 0.6 is 0 Å². The van der Waals surface area contributed by atoms with Crippen LogP contribution in [0.2, 0.25) is 0 Å². The van der Waals surface area contributed by atoms with Crippen LogP contribution in [0.4, 0.5) is 4.79 Å². The fourth-order valence-electron chi connectivity index (χ4n) is 5.95. The van der Waals surface area contributed by atoms with E-state index >= 15 is 0 Å². The number of phenolic OH excluding ortho intramolecular Hbond substituents is 2. The molecule has 4 rings (SSSR count). The Labute approximate surface area is 397 Å². The average Bonchev–Trinajstić information content (AvgIpc) is 4.06. The second-order valence-electron chi connectivity index (χ2n) is 19.5. The van der Waals surface area contributed by atoms with Gasteiger partial charge in [-0.15, -0.1) is 0 Å². The zero-order chi connectivity index (χ0) is 47.7. The average molecular weight is 945 g/mol. The first-order valence-electron chi connectivity index (χ1n) is 22.0. The first kappa shape index (κ1) is 64.7. The van der Waals surface area contributed by atoms with Crippen molar-refractivity contribution in [3.8, 4) is 11.5 Å². The molecule has 1 aliphatic carbocycles. The Morgan fingerprint density at radius 1 is 0.656 bits per heavy atom. The third kappa shape index (κ3) is 26.4. The summed E-state index contributed by atoms with van der Waals surface area (Å²) >= 11 is 0. The maximum Gasteiger partial charge on any atom is 0.508 e. The Morgan fingerprint density at radius 3 is 1.27 bits per heavy atom. The predicted octanol–water partition coefficient (Wildman–Crippen LogP) is 11.3. The van der Waals surface area contributed by atoms with Crippen LogP contribution in [0.5, 0.6) is 11.5 Å². The number of hydrogen-bond donors (Lipinski definition) is 2. The summed E-state index contributed by atoms with van der Waals surface area (Å²) < 4.78 is 23.1. The molecule has 2 aliphatic rings. The van der Waals surface area contributed by atoms with Crippen LogP contribution in [0.3, 0.4) is 0 Å². The van der Waals surface area contributed by atoms with E-state index in [0.717, 1.165) is 80.6 Å². The van der Waals surface area contributed by atoms with Gasteiger partial charge in [0.15, 0.2) is 0 Å². The van der Waals surface area contributed by atoms with Crippen molar-refractivity contribution < 1.29 is 65.1 Å². The van der Waals surface area contributed by atoms with Gasteiger partial charge in [-0.1, -0.05) is 122 Å². The second-order valence-corrected chi connectivity index (χ2v) is 19.5. The van der Waals surface area contributed by atoms with Gasteiger partial charge in [-0.2, -0.15) is 9.59 Å². The molecule has 12 nitrogen and oxygen atoms in total. The van der Waals surface area contributed by atoms with Crippen LogP contribution in [-0.4, -0.2) is 101 Å². The number of nitrogens with zero attached hydrogens (tertiary/aromatic N) is 2. The van der Waals surface area contributed by atoms with E-state index in [1.54, 1.807) is 14.2 Å². The van der Waals surface area contributed by atoms with Crippen LogP contribution in [0.15, 0.2) is 34.3 Å². The van der Waals surface area contributed by atoms with Crippen molar-refractivity contribution in [3.63, 3.8) is 0 Å². The van der Waals surface area contributed by atoms with E-state index in [9.17, 15) is 15.0 Å². The van der Waals surface area contributed by atoms with Gasteiger partial charge in [0, 0.05) is 72.3 Å². The Balaban J connectivity index is -0.00000127. The molecule has 2 unspecified atom stereocenters. The van der Waals surface area contributed by atoms with Gasteiger partial charge in [0.25, 0.3) is 0 Å². The smallest absolute Gasteiger partial charge is 0.507 e. The van der Waals surface area contributed by atoms with Gasteiger partial charge in [-0.3, -0.25) is 9.98 Å². The molecule has 2 fully saturated rings. The fraction of sp³-hybridized carbons (Fsp3) is 0.667. The molecular formula is C51H85CoN2O10-. The molecule has 2 aromatic rings. The maximum absolute atomic E-state index is 11.2. The maximum atomic E-state index is 11.2. The molecule has 0 aromatic heterocycles. The topological polar surface area (TPSA) is 166 Å². The first-order chi connectivity index (χ1) is 28.8. The molecule has 1 heterocycles. The molecule has 0 bridgehead atoms. The number of aromatic hydroxyl groups is 2. The fourth-order valence-corrected chi connectivity index (χ4v) is 5.95. The molecule has 2 N–H and O–H groups in total. The van der Waals surface area contributed by atoms with Crippen molar-refractivity contribution in [1.29, 1.82) is 0 Å². The van der Waals surface area contributed by atoms with Crippen LogP contribution in [0, 0.1) is 7.43 Å². The number of carbonyl (C=O) groups excluding carboxylic acids is 3. The largest absolute Gasteiger partial charge is 0.508 e. The van der Waals surface area contributed by atoms with Crippen molar-refractivity contribution in [3.05, 3.63) is 65.1 Å². The molecule has 1 radical (unpaired) electrons. The molecular weight excluding hydrogens is 859 g/mol. The standard InChI is InChI=1S/C36H54N2O2.C7H14O4.C4H10O.C2H4O.CO2.CH3.Co/c1-33(2,3)25-17-23(31(39)27(19-25)35(7,8)9)21-37-29-15-13-14-16-30(29)38-22-24-18-26(34(4,5)6)20-28(32(24)40)36(10,11)12;1-3-4-10-7(8)11-6-5-9-2;1-3-4-5-2;1-2-3-1;2-1-3;;/h17-22,29-30,39-40H,13-16H2,1-12H3;3-6H2,1-2H3;3-4H2,1-2H3;1-2H2;;1H3;/q;;;;;-1;. The Morgan fingerprint density at radius 2 is 1.00 bits per heavy atom. The van der Waals surface area contributed by atoms with Gasteiger partial charge in [-0.05, 0) is 70.6 Å². The van der Waals surface area contributed by atoms with Crippen LogP contribution < -0.4 is 0 Å². The van der Waals surface area contributed by atoms with E-state index in [1.807, 2.05) is 19.4 Å². The van der Waals surface area contributed by atoms with Crippen molar-refractivity contribution in [2.24, 2.45) is 9.98 Å². The summed E-state index contributed by atoms with van der Waals surface area (Å²) in [6.07, 6.45) is 9.46. The number of methoxy groups -OCH3 is 2. The quantitative estimate of drug-likeness (QED) is 0.0728. The van der Waals surface area contributed by atoms with E-state index < -0.39 is 6.16 Å². The van der Waals surface area contributed by atoms with Gasteiger partial charge in [0.1, 0.15) is 18.1 Å². The molecule has 1 saturated carbocycles. The van der Waals surface area contributed by atoms with Gasteiger partial charge < -0.3 is 41.3 Å². The van der Waals surface area contributed by atoms with E-state index in [4.69, 9.17) is 24.3 Å². The van der Waals surface area contributed by atoms with Crippen molar-refractivity contribution in [1.82, 2.24) is 0 Å². The van der Waals surface area contributed by atoms with Gasteiger partial charge in [0.05, 0.1) is 38.5 Å². The molecule has 1 saturated heterocycles. The summed E-state index contributed by atoms with van der Waals surface area (Å²) in [7, 11) is 3.25. The number of epoxide rings is 1. The molecule has 13 heteroatoms. The first-order valence-corrected chi connectivity index (χ1v) is 22.0. The Kier molecular flexibility index (Phi) is 32.5. The van der Waals surface area contributed by atoms with Crippen molar-refractivity contribution in [2.45, 2.75) is 169 Å². The molecule has 64 heavy (non-hydrogen) atoms.